The molecule has 1 rings (SSSR count). The smallest absolute Gasteiger partial charge is 0.326 e. The largest absolute Gasteiger partial charge is 0.506 e. The van der Waals surface area contributed by atoms with E-state index in [4.69, 9.17) is 16.7 Å². The molecule has 0 saturated carbocycles. The highest BCUT2D eigenvalue weighted by molar-refractivity contribution is 6.34. The maximum absolute atomic E-state index is 12.6. The number of nitro benzene ring substituents is 1. The second kappa shape index (κ2) is 2.94. The average Bonchev–Trinajstić information content (AvgIpc) is 1.97. The molecule has 6 heteroatoms. The second-order valence-corrected chi connectivity index (χ2v) is 2.36. The van der Waals surface area contributed by atoms with Gasteiger partial charge in [0.25, 0.3) is 0 Å². The maximum atomic E-state index is 12.6. The van der Waals surface area contributed by atoms with Crippen LogP contribution in [0, 0.1) is 15.9 Å². The van der Waals surface area contributed by atoms with Gasteiger partial charge in [-0.3, -0.25) is 10.1 Å². The number of phenols is 1. The van der Waals surface area contributed by atoms with Crippen LogP contribution in [0.2, 0.25) is 5.02 Å². The van der Waals surface area contributed by atoms with Crippen molar-refractivity contribution in [1.29, 1.82) is 0 Å². The molecule has 0 unspecified atom stereocenters. The highest BCUT2D eigenvalue weighted by Crippen LogP contribution is 2.34. The van der Waals surface area contributed by atoms with E-state index in [0.29, 0.717) is 0 Å². The Bertz CT molecular complexity index is 342. The van der Waals surface area contributed by atoms with Gasteiger partial charge in [-0.25, -0.2) is 0 Å². The molecule has 1 aromatic rings. The lowest BCUT2D eigenvalue weighted by Crippen LogP contribution is -1.93. The van der Waals surface area contributed by atoms with E-state index >= 15 is 0 Å². The molecule has 4 nitrogen and oxygen atoms in total. The molecule has 0 heterocycles. The van der Waals surface area contributed by atoms with Gasteiger partial charge in [0.2, 0.25) is 5.82 Å². The van der Waals surface area contributed by atoms with E-state index in [-0.39, 0.29) is 0 Å². The minimum absolute atomic E-state index is 0.509. The number of nitrogens with zero attached hydrogens (tertiary/aromatic N) is 1. The van der Waals surface area contributed by atoms with E-state index in [0.717, 1.165) is 12.1 Å². The van der Waals surface area contributed by atoms with Gasteiger partial charge in [0.05, 0.1) is 4.92 Å². The Hall–Kier alpha value is -1.36. The average molecular weight is 192 g/mol. The van der Waals surface area contributed by atoms with E-state index in [2.05, 4.69) is 0 Å². The first kappa shape index (κ1) is 8.73. The number of rotatable bonds is 1. The zero-order valence-electron chi connectivity index (χ0n) is 5.62. The van der Waals surface area contributed by atoms with Gasteiger partial charge >= 0.3 is 5.69 Å². The van der Waals surface area contributed by atoms with Crippen LogP contribution in [0.5, 0.6) is 5.75 Å². The topological polar surface area (TPSA) is 63.4 Å². The molecule has 0 aliphatic carbocycles. The highest BCUT2D eigenvalue weighted by atomic mass is 35.5. The normalized spacial score (nSPS) is 9.83. The van der Waals surface area contributed by atoms with Crippen LogP contribution in [0.4, 0.5) is 10.1 Å². The lowest BCUT2D eigenvalue weighted by atomic mass is 10.3. The lowest BCUT2D eigenvalue weighted by molar-refractivity contribution is -0.387. The number of benzene rings is 1. The SMILES string of the molecule is O=[N+]([O-])c1c(F)ccc(O)c1Cl. The second-order valence-electron chi connectivity index (χ2n) is 1.99. The zero-order valence-corrected chi connectivity index (χ0v) is 6.38. The number of nitro groups is 1. The number of phenolic OH excluding ortho intramolecular Hbond substituents is 1. The molecule has 0 amide bonds. The van der Waals surface area contributed by atoms with Crippen molar-refractivity contribution in [3.8, 4) is 5.75 Å². The minimum atomic E-state index is -1.07. The number of hydrogen-bond donors (Lipinski definition) is 1. The molecule has 1 aromatic carbocycles. The van der Waals surface area contributed by atoms with Gasteiger partial charge < -0.3 is 5.11 Å². The van der Waals surface area contributed by atoms with Crippen LogP contribution in [-0.2, 0) is 0 Å². The number of hydrogen-bond acceptors (Lipinski definition) is 3. The summed E-state index contributed by atoms with van der Waals surface area (Å²) in [5.41, 5.74) is -0.906. The Balaban J connectivity index is 3.43. The molecule has 0 bridgehead atoms. The van der Waals surface area contributed by atoms with Gasteiger partial charge in [-0.1, -0.05) is 11.6 Å². The molecule has 1 N–H and O–H groups in total. The maximum Gasteiger partial charge on any atom is 0.326 e. The van der Waals surface area contributed by atoms with Crippen molar-refractivity contribution in [2.75, 3.05) is 0 Å². The van der Waals surface area contributed by atoms with Crippen LogP contribution in [-0.4, -0.2) is 10.0 Å². The molecule has 12 heavy (non-hydrogen) atoms. The van der Waals surface area contributed by atoms with E-state index in [9.17, 15) is 14.5 Å². The summed E-state index contributed by atoms with van der Waals surface area (Å²) in [6.07, 6.45) is 0. The molecule has 0 atom stereocenters. The fourth-order valence-electron chi connectivity index (χ4n) is 0.698. The monoisotopic (exact) mass is 191 g/mol. The van der Waals surface area contributed by atoms with Crippen molar-refractivity contribution >= 4 is 17.3 Å². The van der Waals surface area contributed by atoms with Gasteiger partial charge in [-0.05, 0) is 12.1 Å². The summed E-state index contributed by atoms with van der Waals surface area (Å²) >= 11 is 5.26. The van der Waals surface area contributed by atoms with Crippen LogP contribution in [0.25, 0.3) is 0 Å². The van der Waals surface area contributed by atoms with Gasteiger partial charge in [0, 0.05) is 0 Å². The quantitative estimate of drug-likeness (QED) is 0.546. The van der Waals surface area contributed by atoms with Crippen molar-refractivity contribution in [3.63, 3.8) is 0 Å². The molecule has 0 aliphatic heterocycles. The summed E-state index contributed by atoms with van der Waals surface area (Å²) in [5.74, 6) is -1.58. The number of aromatic hydroxyl groups is 1. The first-order valence-electron chi connectivity index (χ1n) is 2.85. The van der Waals surface area contributed by atoms with Gasteiger partial charge in [0.1, 0.15) is 5.75 Å². The van der Waals surface area contributed by atoms with Gasteiger partial charge in [-0.15, -0.1) is 0 Å². The molecule has 0 aliphatic rings. The lowest BCUT2D eigenvalue weighted by Gasteiger charge is -1.97. The fourth-order valence-corrected chi connectivity index (χ4v) is 0.920. The summed E-state index contributed by atoms with van der Waals surface area (Å²) in [6.45, 7) is 0. The van der Waals surface area contributed by atoms with E-state index in [1.54, 1.807) is 0 Å². The molecule has 0 spiro atoms. The summed E-state index contributed by atoms with van der Waals surface area (Å²) in [7, 11) is 0. The predicted molar refractivity (Wildman–Crippen MR) is 39.7 cm³/mol. The van der Waals surface area contributed by atoms with Crippen molar-refractivity contribution < 1.29 is 14.4 Å². The van der Waals surface area contributed by atoms with Crippen molar-refractivity contribution in [2.24, 2.45) is 0 Å². The van der Waals surface area contributed by atoms with Crippen LogP contribution < -0.4 is 0 Å². The van der Waals surface area contributed by atoms with Crippen molar-refractivity contribution in [1.82, 2.24) is 0 Å². The molecule has 0 radical (unpaired) electrons. The zero-order chi connectivity index (χ0) is 9.30. The standard InChI is InChI=1S/C6H3ClFNO3/c7-5-4(10)2-1-3(8)6(5)9(11)12/h1-2,10H. The predicted octanol–water partition coefficient (Wildman–Crippen LogP) is 2.09. The third-order valence-corrected chi connectivity index (χ3v) is 1.60. The molecule has 0 fully saturated rings. The third kappa shape index (κ3) is 1.31. The molecule has 64 valence electrons. The fraction of sp³-hybridized carbons (Fsp3) is 0. The van der Waals surface area contributed by atoms with E-state index < -0.39 is 27.2 Å². The molecule has 0 aromatic heterocycles. The number of halogens is 2. The minimum Gasteiger partial charge on any atom is -0.506 e. The Morgan fingerprint density at radius 1 is 1.58 bits per heavy atom. The summed E-state index contributed by atoms with van der Waals surface area (Å²) in [6, 6.07) is 1.73. The Labute approximate surface area is 71.3 Å². The van der Waals surface area contributed by atoms with Crippen molar-refractivity contribution in [3.05, 3.63) is 33.1 Å². The van der Waals surface area contributed by atoms with Crippen molar-refractivity contribution in [2.45, 2.75) is 0 Å². The molecular formula is C6H3ClFNO3. The Morgan fingerprint density at radius 3 is 2.58 bits per heavy atom. The van der Waals surface area contributed by atoms with E-state index in [1.807, 2.05) is 0 Å². The first-order valence-corrected chi connectivity index (χ1v) is 3.23. The van der Waals surface area contributed by atoms with Crippen LogP contribution >= 0.6 is 11.6 Å². The third-order valence-electron chi connectivity index (χ3n) is 1.23. The first-order chi connectivity index (χ1) is 5.54. The Morgan fingerprint density at radius 2 is 2.17 bits per heavy atom. The summed E-state index contributed by atoms with van der Waals surface area (Å²) < 4.78 is 12.6. The van der Waals surface area contributed by atoms with Gasteiger partial charge in [0.15, 0.2) is 5.02 Å². The van der Waals surface area contributed by atoms with Crippen LogP contribution in [0.3, 0.4) is 0 Å². The van der Waals surface area contributed by atoms with Gasteiger partial charge in [-0.2, -0.15) is 4.39 Å². The van der Waals surface area contributed by atoms with Crippen LogP contribution in [0.15, 0.2) is 12.1 Å². The molecule has 0 saturated heterocycles. The van der Waals surface area contributed by atoms with E-state index in [1.165, 1.54) is 0 Å². The van der Waals surface area contributed by atoms with Crippen LogP contribution in [0.1, 0.15) is 0 Å². The molecular weight excluding hydrogens is 189 g/mol. The Kier molecular flexibility index (Phi) is 2.14. The highest BCUT2D eigenvalue weighted by Gasteiger charge is 2.21. The summed E-state index contributed by atoms with van der Waals surface area (Å²) in [4.78, 5) is 9.18. The summed E-state index contributed by atoms with van der Waals surface area (Å²) in [5, 5.41) is 18.5.